The first kappa shape index (κ1) is 74.1. The molecule has 6 nitrogen and oxygen atoms in total. The first-order chi connectivity index (χ1) is 38.0. The van der Waals surface area contributed by atoms with E-state index in [1.807, 2.05) is 0 Å². The molecule has 0 rings (SSSR count). The fourth-order valence-electron chi connectivity index (χ4n) is 9.92. The Bertz CT molecular complexity index is 1380. The minimum Gasteiger partial charge on any atom is -0.462 e. The molecule has 0 N–H and O–H groups in total. The zero-order chi connectivity index (χ0) is 55.7. The molecule has 0 saturated heterocycles. The van der Waals surface area contributed by atoms with Crippen LogP contribution in [-0.2, 0) is 28.6 Å². The molecule has 0 radical (unpaired) electrons. The van der Waals surface area contributed by atoms with E-state index >= 15 is 0 Å². The van der Waals surface area contributed by atoms with Gasteiger partial charge in [-0.05, 0) is 103 Å². The van der Waals surface area contributed by atoms with Crippen molar-refractivity contribution in [1.82, 2.24) is 0 Å². The lowest BCUT2D eigenvalue weighted by molar-refractivity contribution is -0.167. The molecule has 0 aliphatic carbocycles. The van der Waals surface area contributed by atoms with Crippen molar-refractivity contribution in [1.29, 1.82) is 0 Å². The van der Waals surface area contributed by atoms with E-state index in [0.29, 0.717) is 19.3 Å². The summed E-state index contributed by atoms with van der Waals surface area (Å²) < 4.78 is 16.9. The lowest BCUT2D eigenvalue weighted by atomic mass is 10.0. The van der Waals surface area contributed by atoms with Crippen molar-refractivity contribution in [2.24, 2.45) is 0 Å². The molecule has 0 aromatic carbocycles. The molecule has 0 aliphatic rings. The summed E-state index contributed by atoms with van der Waals surface area (Å²) in [5.74, 6) is -0.906. The number of carbonyl (C=O) groups excluding carboxylic acids is 3. The maximum Gasteiger partial charge on any atom is 0.306 e. The zero-order valence-electron chi connectivity index (χ0n) is 51.5. The van der Waals surface area contributed by atoms with Gasteiger partial charge in [-0.25, -0.2) is 0 Å². The quantitative estimate of drug-likeness (QED) is 0.0261. The second kappa shape index (κ2) is 65.6. The van der Waals surface area contributed by atoms with E-state index in [1.165, 1.54) is 218 Å². The molecule has 0 aromatic rings. The van der Waals surface area contributed by atoms with Gasteiger partial charge in [-0.2, -0.15) is 0 Å². The van der Waals surface area contributed by atoms with Gasteiger partial charge in [-0.15, -0.1) is 0 Å². The minimum absolute atomic E-state index is 0.0841. The minimum atomic E-state index is -0.790. The number of hydrogen-bond donors (Lipinski definition) is 0. The summed E-state index contributed by atoms with van der Waals surface area (Å²) >= 11 is 0. The van der Waals surface area contributed by atoms with Crippen LogP contribution in [0.3, 0.4) is 0 Å². The Balaban J connectivity index is 4.15. The summed E-state index contributed by atoms with van der Waals surface area (Å²) in [6.45, 7) is 6.53. The average Bonchev–Trinajstić information content (AvgIpc) is 3.43. The normalized spacial score (nSPS) is 12.4. The number of rotatable bonds is 62. The van der Waals surface area contributed by atoms with Crippen molar-refractivity contribution in [3.05, 3.63) is 60.8 Å². The van der Waals surface area contributed by atoms with Gasteiger partial charge >= 0.3 is 17.9 Å². The summed E-state index contributed by atoms with van der Waals surface area (Å²) in [5, 5.41) is 0. The van der Waals surface area contributed by atoms with Crippen molar-refractivity contribution >= 4 is 17.9 Å². The second-order valence-corrected chi connectivity index (χ2v) is 22.7. The first-order valence-corrected chi connectivity index (χ1v) is 33.8. The monoisotopic (exact) mass is 1080 g/mol. The third kappa shape index (κ3) is 63.8. The third-order valence-electron chi connectivity index (χ3n) is 15.0. The van der Waals surface area contributed by atoms with E-state index < -0.39 is 6.10 Å². The molecule has 0 saturated carbocycles. The lowest BCUT2D eigenvalue weighted by Gasteiger charge is -2.18. The number of esters is 3. The highest BCUT2D eigenvalue weighted by molar-refractivity contribution is 5.71. The molecular formula is C71H128O6. The van der Waals surface area contributed by atoms with Crippen LogP contribution in [0.5, 0.6) is 0 Å². The van der Waals surface area contributed by atoms with E-state index in [4.69, 9.17) is 14.2 Å². The van der Waals surface area contributed by atoms with Crippen molar-refractivity contribution < 1.29 is 28.6 Å². The van der Waals surface area contributed by atoms with Gasteiger partial charge in [0.2, 0.25) is 0 Å². The van der Waals surface area contributed by atoms with E-state index in [0.717, 1.165) is 96.3 Å². The molecule has 0 fully saturated rings. The van der Waals surface area contributed by atoms with Crippen LogP contribution >= 0.6 is 0 Å². The Morgan fingerprint density at radius 3 is 0.818 bits per heavy atom. The smallest absolute Gasteiger partial charge is 0.306 e. The van der Waals surface area contributed by atoms with Crippen molar-refractivity contribution in [2.45, 2.75) is 361 Å². The predicted octanol–water partition coefficient (Wildman–Crippen LogP) is 23.1. The van der Waals surface area contributed by atoms with Gasteiger partial charge in [0.15, 0.2) is 6.10 Å². The maximum atomic E-state index is 12.9. The standard InChI is InChI=1S/C71H128O6/c1-4-7-10-13-16-19-22-25-27-28-29-30-31-32-33-34-35-36-37-38-39-40-41-42-44-46-49-52-55-58-61-64-70(73)76-67-68(66-75-69(72)63-60-57-54-51-48-45-24-21-18-15-12-9-6-3)77-71(74)65-62-59-56-53-50-47-43-26-23-20-17-14-11-8-5-2/h9,12,18,21,26,28-29,43,45,48,68H,4-8,10-11,13-17,19-20,22-25,27,30-42,44,46-47,49-67H2,1-3H3/b12-9-,21-18-,29-28-,43-26-,48-45-. The summed E-state index contributed by atoms with van der Waals surface area (Å²) in [4.78, 5) is 38.3. The number of allylic oxidation sites excluding steroid dienone is 10. The third-order valence-corrected chi connectivity index (χ3v) is 15.0. The fraction of sp³-hybridized carbons (Fsp3) is 0.817. The van der Waals surface area contributed by atoms with Crippen LogP contribution in [0.15, 0.2) is 60.8 Å². The van der Waals surface area contributed by atoms with E-state index in [1.54, 1.807) is 0 Å². The Kier molecular flexibility index (Phi) is 63.2. The van der Waals surface area contributed by atoms with E-state index in [2.05, 4.69) is 81.5 Å². The molecule has 6 heteroatoms. The molecule has 0 amide bonds. The molecule has 0 aliphatic heterocycles. The Labute approximate surface area is 479 Å². The summed E-state index contributed by atoms with van der Waals surface area (Å²) in [7, 11) is 0. The zero-order valence-corrected chi connectivity index (χ0v) is 51.5. The van der Waals surface area contributed by atoms with Crippen molar-refractivity contribution in [3.63, 3.8) is 0 Å². The number of hydrogen-bond acceptors (Lipinski definition) is 6. The predicted molar refractivity (Wildman–Crippen MR) is 335 cm³/mol. The number of carbonyl (C=O) groups is 3. The molecule has 0 heterocycles. The van der Waals surface area contributed by atoms with Crippen LogP contribution in [0.1, 0.15) is 355 Å². The molecule has 1 atom stereocenters. The van der Waals surface area contributed by atoms with Crippen LogP contribution in [0.25, 0.3) is 0 Å². The molecule has 0 spiro atoms. The van der Waals surface area contributed by atoms with Crippen LogP contribution in [0.2, 0.25) is 0 Å². The molecule has 0 aromatic heterocycles. The average molecular weight is 1080 g/mol. The second-order valence-electron chi connectivity index (χ2n) is 22.7. The molecule has 77 heavy (non-hydrogen) atoms. The van der Waals surface area contributed by atoms with Gasteiger partial charge < -0.3 is 14.2 Å². The highest BCUT2D eigenvalue weighted by Gasteiger charge is 2.19. The van der Waals surface area contributed by atoms with Crippen LogP contribution in [-0.4, -0.2) is 37.2 Å². The van der Waals surface area contributed by atoms with Gasteiger partial charge in [-0.3, -0.25) is 14.4 Å². The molecule has 0 bridgehead atoms. The summed E-state index contributed by atoms with van der Waals surface area (Å²) in [5.41, 5.74) is 0. The van der Waals surface area contributed by atoms with Gasteiger partial charge in [-0.1, -0.05) is 293 Å². The molecular weight excluding hydrogens is 949 g/mol. The highest BCUT2D eigenvalue weighted by atomic mass is 16.6. The largest absolute Gasteiger partial charge is 0.462 e. The topological polar surface area (TPSA) is 78.9 Å². The van der Waals surface area contributed by atoms with Crippen molar-refractivity contribution in [2.75, 3.05) is 13.2 Å². The van der Waals surface area contributed by atoms with Gasteiger partial charge in [0, 0.05) is 19.3 Å². The van der Waals surface area contributed by atoms with Gasteiger partial charge in [0.05, 0.1) is 0 Å². The lowest BCUT2D eigenvalue weighted by Crippen LogP contribution is -2.30. The Morgan fingerprint density at radius 2 is 0.506 bits per heavy atom. The summed E-state index contributed by atoms with van der Waals surface area (Å²) in [6.07, 6.45) is 84.1. The highest BCUT2D eigenvalue weighted by Crippen LogP contribution is 2.17. The Hall–Kier alpha value is -2.89. The van der Waals surface area contributed by atoms with Crippen LogP contribution in [0.4, 0.5) is 0 Å². The summed E-state index contributed by atoms with van der Waals surface area (Å²) in [6, 6.07) is 0. The van der Waals surface area contributed by atoms with Gasteiger partial charge in [0.1, 0.15) is 13.2 Å². The Morgan fingerprint density at radius 1 is 0.273 bits per heavy atom. The molecule has 1 unspecified atom stereocenters. The SMILES string of the molecule is CC/C=C\C/C=C\C/C=C\CCCCCC(=O)OCC(COC(=O)CCCCCCCCCCCCCCCCCCCCC/C=C\CCCCCCCCCC)OC(=O)CCCCCCC/C=C\CCCCCCCC. The molecule has 448 valence electrons. The van der Waals surface area contributed by atoms with Crippen LogP contribution < -0.4 is 0 Å². The van der Waals surface area contributed by atoms with E-state index in [9.17, 15) is 14.4 Å². The number of ether oxygens (including phenoxy) is 3. The van der Waals surface area contributed by atoms with Gasteiger partial charge in [0.25, 0.3) is 0 Å². The fourth-order valence-corrected chi connectivity index (χ4v) is 9.92. The van der Waals surface area contributed by atoms with E-state index in [-0.39, 0.29) is 31.1 Å². The van der Waals surface area contributed by atoms with Crippen LogP contribution in [0, 0.1) is 0 Å². The van der Waals surface area contributed by atoms with Crippen molar-refractivity contribution in [3.8, 4) is 0 Å². The first-order valence-electron chi connectivity index (χ1n) is 33.8. The number of unbranched alkanes of at least 4 members (excludes halogenated alkanes) is 41. The maximum absolute atomic E-state index is 12.9.